The normalized spacial score (nSPS) is 12.8. The number of nitriles is 1. The fraction of sp³-hybridized carbons (Fsp3) is 0.0833. The second-order valence-electron chi connectivity index (χ2n) is 3.65. The SMILES string of the molecule is N#CC(NS(=O)(=O)c1sccc1Br)c1ccccc1. The number of nitrogens with zero attached hydrogens (tertiary/aromatic N) is 1. The lowest BCUT2D eigenvalue weighted by molar-refractivity contribution is 0.577. The Labute approximate surface area is 123 Å². The second-order valence-corrected chi connectivity index (χ2v) is 7.33. The van der Waals surface area contributed by atoms with Crippen molar-refractivity contribution in [1.82, 2.24) is 4.72 Å². The Morgan fingerprint density at radius 3 is 2.47 bits per heavy atom. The van der Waals surface area contributed by atoms with E-state index in [-0.39, 0.29) is 4.21 Å². The van der Waals surface area contributed by atoms with Gasteiger partial charge in [0.15, 0.2) is 0 Å². The number of hydrogen-bond acceptors (Lipinski definition) is 4. The van der Waals surface area contributed by atoms with Crippen LogP contribution in [0.3, 0.4) is 0 Å². The molecule has 1 heterocycles. The zero-order valence-electron chi connectivity index (χ0n) is 9.58. The van der Waals surface area contributed by atoms with Crippen molar-refractivity contribution >= 4 is 37.3 Å². The van der Waals surface area contributed by atoms with E-state index in [1.807, 2.05) is 12.1 Å². The van der Waals surface area contributed by atoms with Crippen LogP contribution in [0, 0.1) is 11.3 Å². The van der Waals surface area contributed by atoms with E-state index in [0.717, 1.165) is 11.3 Å². The summed E-state index contributed by atoms with van der Waals surface area (Å²) in [6, 6.07) is 11.5. The van der Waals surface area contributed by atoms with E-state index in [9.17, 15) is 8.42 Å². The van der Waals surface area contributed by atoms with Gasteiger partial charge in [0.05, 0.1) is 6.07 Å². The van der Waals surface area contributed by atoms with Crippen LogP contribution in [0.1, 0.15) is 11.6 Å². The van der Waals surface area contributed by atoms with E-state index >= 15 is 0 Å². The molecule has 0 spiro atoms. The molecule has 1 aromatic carbocycles. The van der Waals surface area contributed by atoms with Crippen LogP contribution < -0.4 is 4.72 Å². The molecule has 0 saturated carbocycles. The van der Waals surface area contributed by atoms with Crippen molar-refractivity contribution in [3.63, 3.8) is 0 Å². The Hall–Kier alpha value is -1.20. The van der Waals surface area contributed by atoms with Crippen LogP contribution in [0.2, 0.25) is 0 Å². The molecule has 1 unspecified atom stereocenters. The predicted octanol–water partition coefficient (Wildman–Crippen LogP) is 3.05. The summed E-state index contributed by atoms with van der Waals surface area (Å²) in [6.07, 6.45) is 0. The highest BCUT2D eigenvalue weighted by molar-refractivity contribution is 9.10. The summed E-state index contributed by atoms with van der Waals surface area (Å²) in [5.74, 6) is 0. The van der Waals surface area contributed by atoms with Crippen LogP contribution in [0.15, 0.2) is 50.5 Å². The van der Waals surface area contributed by atoms with Gasteiger partial charge in [-0.3, -0.25) is 0 Å². The molecule has 2 aromatic rings. The van der Waals surface area contributed by atoms with Gasteiger partial charge >= 0.3 is 0 Å². The summed E-state index contributed by atoms with van der Waals surface area (Å²) < 4.78 is 27.4. The lowest BCUT2D eigenvalue weighted by atomic mass is 10.1. The summed E-state index contributed by atoms with van der Waals surface area (Å²) in [5.41, 5.74) is 0.612. The lowest BCUT2D eigenvalue weighted by Gasteiger charge is -2.11. The third kappa shape index (κ3) is 3.22. The monoisotopic (exact) mass is 356 g/mol. The molecule has 7 heteroatoms. The van der Waals surface area contributed by atoms with E-state index in [2.05, 4.69) is 20.7 Å². The first-order chi connectivity index (χ1) is 9.04. The molecule has 0 bridgehead atoms. The summed E-state index contributed by atoms with van der Waals surface area (Å²) in [6.45, 7) is 0. The van der Waals surface area contributed by atoms with E-state index < -0.39 is 16.1 Å². The van der Waals surface area contributed by atoms with Gasteiger partial charge in [-0.25, -0.2) is 8.42 Å². The third-order valence-corrected chi connectivity index (χ3v) is 6.46. The first-order valence-electron chi connectivity index (χ1n) is 5.24. The van der Waals surface area contributed by atoms with Gasteiger partial charge in [-0.2, -0.15) is 9.98 Å². The average Bonchev–Trinajstić information content (AvgIpc) is 2.84. The molecule has 1 N–H and O–H groups in total. The molecule has 0 saturated heterocycles. The maximum atomic E-state index is 12.2. The van der Waals surface area contributed by atoms with Crippen molar-refractivity contribution in [1.29, 1.82) is 5.26 Å². The van der Waals surface area contributed by atoms with Crippen molar-refractivity contribution in [2.45, 2.75) is 10.3 Å². The van der Waals surface area contributed by atoms with Crippen molar-refractivity contribution in [3.05, 3.63) is 51.8 Å². The Morgan fingerprint density at radius 2 is 1.95 bits per heavy atom. The molecular weight excluding hydrogens is 348 g/mol. The minimum absolute atomic E-state index is 0.170. The molecule has 1 aromatic heterocycles. The van der Waals surface area contributed by atoms with Gasteiger partial charge in [0.25, 0.3) is 10.0 Å². The van der Waals surface area contributed by atoms with Gasteiger partial charge < -0.3 is 0 Å². The Balaban J connectivity index is 2.30. The maximum absolute atomic E-state index is 12.2. The molecular formula is C12H9BrN2O2S2. The quantitative estimate of drug-likeness (QED) is 0.914. The molecule has 19 heavy (non-hydrogen) atoms. The summed E-state index contributed by atoms with van der Waals surface area (Å²) >= 11 is 4.28. The van der Waals surface area contributed by atoms with E-state index in [1.165, 1.54) is 0 Å². The molecule has 0 amide bonds. The van der Waals surface area contributed by atoms with Gasteiger partial charge in [0.2, 0.25) is 0 Å². The van der Waals surface area contributed by atoms with Crippen molar-refractivity contribution < 1.29 is 8.42 Å². The number of nitrogens with one attached hydrogen (secondary N) is 1. The highest BCUT2D eigenvalue weighted by Crippen LogP contribution is 2.28. The van der Waals surface area contributed by atoms with Crippen LogP contribution in [-0.4, -0.2) is 8.42 Å². The van der Waals surface area contributed by atoms with Crippen LogP contribution in [0.5, 0.6) is 0 Å². The largest absolute Gasteiger partial charge is 0.252 e. The second kappa shape index (κ2) is 5.84. The zero-order valence-corrected chi connectivity index (χ0v) is 12.8. The van der Waals surface area contributed by atoms with Gasteiger partial charge in [-0.15, -0.1) is 11.3 Å². The van der Waals surface area contributed by atoms with Crippen molar-refractivity contribution in [2.75, 3.05) is 0 Å². The summed E-state index contributed by atoms with van der Waals surface area (Å²) in [4.78, 5) is 0. The van der Waals surface area contributed by atoms with Crippen LogP contribution in [0.4, 0.5) is 0 Å². The predicted molar refractivity (Wildman–Crippen MR) is 77.1 cm³/mol. The maximum Gasteiger partial charge on any atom is 0.252 e. The highest BCUT2D eigenvalue weighted by Gasteiger charge is 2.24. The van der Waals surface area contributed by atoms with Crippen molar-refractivity contribution in [2.24, 2.45) is 0 Å². The van der Waals surface area contributed by atoms with Gasteiger partial charge in [0, 0.05) is 4.47 Å². The van der Waals surface area contributed by atoms with Gasteiger partial charge in [0.1, 0.15) is 10.3 Å². The Morgan fingerprint density at radius 1 is 1.26 bits per heavy atom. The first-order valence-corrected chi connectivity index (χ1v) is 8.40. The fourth-order valence-corrected chi connectivity index (χ4v) is 4.98. The highest BCUT2D eigenvalue weighted by atomic mass is 79.9. The number of benzene rings is 1. The topological polar surface area (TPSA) is 70.0 Å². The standard InChI is InChI=1S/C12H9BrN2O2S2/c13-10-6-7-18-12(10)19(16,17)15-11(8-14)9-4-2-1-3-5-9/h1-7,11,15H. The van der Waals surface area contributed by atoms with Crippen LogP contribution in [0.25, 0.3) is 0 Å². The van der Waals surface area contributed by atoms with E-state index in [0.29, 0.717) is 10.0 Å². The number of hydrogen-bond donors (Lipinski definition) is 1. The molecule has 0 fully saturated rings. The minimum atomic E-state index is -3.71. The van der Waals surface area contributed by atoms with Crippen molar-refractivity contribution in [3.8, 4) is 6.07 Å². The summed E-state index contributed by atoms with van der Waals surface area (Å²) in [7, 11) is -3.71. The van der Waals surface area contributed by atoms with E-state index in [4.69, 9.17) is 5.26 Å². The number of halogens is 1. The Bertz CT molecular complexity index is 705. The van der Waals surface area contributed by atoms with Crippen LogP contribution in [-0.2, 0) is 10.0 Å². The van der Waals surface area contributed by atoms with Gasteiger partial charge in [-0.1, -0.05) is 30.3 Å². The zero-order chi connectivity index (χ0) is 13.9. The number of thiophene rings is 1. The Kier molecular flexibility index (Phi) is 4.37. The molecule has 4 nitrogen and oxygen atoms in total. The molecule has 0 aliphatic heterocycles. The lowest BCUT2D eigenvalue weighted by Crippen LogP contribution is -2.27. The molecule has 0 aliphatic carbocycles. The van der Waals surface area contributed by atoms with E-state index in [1.54, 1.807) is 35.7 Å². The summed E-state index contributed by atoms with van der Waals surface area (Å²) in [5, 5.41) is 10.8. The molecule has 2 rings (SSSR count). The first kappa shape index (κ1) is 14.2. The molecule has 98 valence electrons. The molecule has 1 atom stereocenters. The number of rotatable bonds is 4. The fourth-order valence-electron chi connectivity index (χ4n) is 1.49. The average molecular weight is 357 g/mol. The third-order valence-electron chi connectivity index (χ3n) is 2.36. The smallest absolute Gasteiger partial charge is 0.206 e. The number of sulfonamides is 1. The van der Waals surface area contributed by atoms with Gasteiger partial charge in [-0.05, 0) is 32.9 Å². The van der Waals surface area contributed by atoms with Crippen LogP contribution >= 0.6 is 27.3 Å². The molecule has 0 aliphatic rings. The molecule has 0 radical (unpaired) electrons. The minimum Gasteiger partial charge on any atom is -0.206 e.